The molecule has 1 aromatic carbocycles. The Morgan fingerprint density at radius 3 is 2.70 bits per heavy atom. The average Bonchev–Trinajstić information content (AvgIpc) is 2.72. The molecule has 4 rings (SSSR count). The summed E-state index contributed by atoms with van der Waals surface area (Å²) in [6, 6.07) is 9.69. The predicted octanol–water partition coefficient (Wildman–Crippen LogP) is 3.18. The molecule has 3 heteroatoms. The predicted molar refractivity (Wildman–Crippen MR) is 76.4 cm³/mol. The Balaban J connectivity index is 2.07. The van der Waals surface area contributed by atoms with Crippen molar-refractivity contribution in [1.82, 2.24) is 4.98 Å². The monoisotopic (exact) mass is 263 g/mol. The Hall–Kier alpha value is -2.29. The van der Waals surface area contributed by atoms with Gasteiger partial charge < -0.3 is 0 Å². The molecule has 0 radical (unpaired) electrons. The molecule has 0 N–H and O–H groups in total. The van der Waals surface area contributed by atoms with E-state index >= 15 is 0 Å². The first-order valence-electron chi connectivity index (χ1n) is 6.82. The number of rotatable bonds is 0. The zero-order chi connectivity index (χ0) is 13.9. The minimum absolute atomic E-state index is 0.0381. The van der Waals surface area contributed by atoms with E-state index in [-0.39, 0.29) is 17.5 Å². The number of fused-ring (bicyclic) bond motifs is 4. The third kappa shape index (κ3) is 1.43. The van der Waals surface area contributed by atoms with Crippen LogP contribution in [0.15, 0.2) is 35.9 Å². The molecular formula is C17H13NO2. The maximum Gasteiger partial charge on any atom is 0.165 e. The molecule has 0 aliphatic heterocycles. The van der Waals surface area contributed by atoms with Gasteiger partial charge in [-0.05, 0) is 30.2 Å². The molecule has 0 saturated carbocycles. The maximum absolute atomic E-state index is 12.3. The number of pyridine rings is 1. The van der Waals surface area contributed by atoms with Crippen molar-refractivity contribution in [3.8, 4) is 0 Å². The van der Waals surface area contributed by atoms with E-state index in [0.717, 1.165) is 27.7 Å². The number of aromatic nitrogens is 1. The highest BCUT2D eigenvalue weighted by molar-refractivity contribution is 6.14. The molecule has 2 aliphatic carbocycles. The number of nitrogens with zero attached hydrogens (tertiary/aromatic N) is 1. The van der Waals surface area contributed by atoms with Crippen LogP contribution in [0.4, 0.5) is 0 Å². The van der Waals surface area contributed by atoms with E-state index in [0.29, 0.717) is 18.4 Å². The molecule has 2 aromatic rings. The van der Waals surface area contributed by atoms with Gasteiger partial charge in [-0.1, -0.05) is 18.2 Å². The van der Waals surface area contributed by atoms with E-state index in [2.05, 4.69) is 4.98 Å². The number of carbonyl (C=O) groups excluding carboxylic acids is 2. The second kappa shape index (κ2) is 3.85. The lowest BCUT2D eigenvalue weighted by Gasteiger charge is -2.22. The van der Waals surface area contributed by atoms with Crippen molar-refractivity contribution in [1.29, 1.82) is 0 Å². The van der Waals surface area contributed by atoms with Gasteiger partial charge in [0.15, 0.2) is 11.6 Å². The summed E-state index contributed by atoms with van der Waals surface area (Å²) in [4.78, 5) is 28.9. The molecule has 2 aliphatic rings. The van der Waals surface area contributed by atoms with Gasteiger partial charge in [0, 0.05) is 29.7 Å². The molecule has 0 spiro atoms. The number of ketones is 2. The Labute approximate surface area is 116 Å². The first-order valence-corrected chi connectivity index (χ1v) is 6.82. The van der Waals surface area contributed by atoms with E-state index in [1.54, 1.807) is 0 Å². The summed E-state index contributed by atoms with van der Waals surface area (Å²) in [5.41, 5.74) is 4.05. The zero-order valence-electron chi connectivity index (χ0n) is 11.1. The third-order valence-electron chi connectivity index (χ3n) is 4.37. The quantitative estimate of drug-likeness (QED) is 0.733. The molecule has 0 bridgehead atoms. The minimum atomic E-state index is 0.0381. The van der Waals surface area contributed by atoms with Crippen molar-refractivity contribution in [3.63, 3.8) is 0 Å². The fourth-order valence-electron chi connectivity index (χ4n) is 3.35. The number of allylic oxidation sites excluding steroid dienone is 2. The van der Waals surface area contributed by atoms with Gasteiger partial charge in [-0.25, -0.2) is 4.98 Å². The van der Waals surface area contributed by atoms with Crippen molar-refractivity contribution in [2.45, 2.75) is 19.8 Å². The van der Waals surface area contributed by atoms with Crippen LogP contribution in [-0.2, 0) is 4.79 Å². The first-order chi connectivity index (χ1) is 9.65. The van der Waals surface area contributed by atoms with Crippen LogP contribution >= 0.6 is 0 Å². The molecule has 0 fully saturated rings. The molecule has 3 nitrogen and oxygen atoms in total. The molecule has 1 heterocycles. The van der Waals surface area contributed by atoms with Crippen molar-refractivity contribution in [2.24, 2.45) is 5.92 Å². The Morgan fingerprint density at radius 1 is 1.10 bits per heavy atom. The second-order valence-corrected chi connectivity index (χ2v) is 5.57. The number of carbonyl (C=O) groups is 2. The summed E-state index contributed by atoms with van der Waals surface area (Å²) < 4.78 is 0. The molecule has 20 heavy (non-hydrogen) atoms. The highest BCUT2D eigenvalue weighted by Crippen LogP contribution is 2.44. The number of hydrogen-bond donors (Lipinski definition) is 0. The van der Waals surface area contributed by atoms with Crippen LogP contribution in [0.3, 0.4) is 0 Å². The Kier molecular flexibility index (Phi) is 2.22. The van der Waals surface area contributed by atoms with Crippen LogP contribution in [-0.4, -0.2) is 16.6 Å². The van der Waals surface area contributed by atoms with E-state index in [1.165, 1.54) is 0 Å². The molecule has 1 unspecified atom stereocenters. The minimum Gasteiger partial charge on any atom is -0.295 e. The standard InChI is InChI=1S/C17H13NO2/c1-9-14(19)7-11-8-15(20)12-6-10-4-2-3-5-13(10)18-17(12)16(9)11/h2-6,11H,7-8H2,1H3. The lowest BCUT2D eigenvalue weighted by atomic mass is 9.82. The SMILES string of the molecule is CC1=C2c3nc4ccccc4cc3C(=O)CC2CC1=O. The van der Waals surface area contributed by atoms with Crippen molar-refractivity contribution in [2.75, 3.05) is 0 Å². The van der Waals surface area contributed by atoms with Crippen LogP contribution in [0, 0.1) is 5.92 Å². The van der Waals surface area contributed by atoms with Gasteiger partial charge in [-0.2, -0.15) is 0 Å². The average molecular weight is 263 g/mol. The summed E-state index contributed by atoms with van der Waals surface area (Å²) >= 11 is 0. The van der Waals surface area contributed by atoms with E-state index < -0.39 is 0 Å². The smallest absolute Gasteiger partial charge is 0.165 e. The highest BCUT2D eigenvalue weighted by atomic mass is 16.1. The molecule has 1 atom stereocenters. The van der Waals surface area contributed by atoms with Crippen LogP contribution in [0.2, 0.25) is 0 Å². The summed E-state index contributed by atoms with van der Waals surface area (Å²) in [5.74, 6) is 0.297. The summed E-state index contributed by atoms with van der Waals surface area (Å²) in [6.45, 7) is 1.86. The Morgan fingerprint density at radius 2 is 1.85 bits per heavy atom. The van der Waals surface area contributed by atoms with E-state index in [9.17, 15) is 9.59 Å². The van der Waals surface area contributed by atoms with Crippen LogP contribution < -0.4 is 0 Å². The Bertz CT molecular complexity index is 817. The van der Waals surface area contributed by atoms with Crippen molar-refractivity contribution >= 4 is 28.0 Å². The normalized spacial score (nSPS) is 21.4. The van der Waals surface area contributed by atoms with E-state index in [1.807, 2.05) is 37.3 Å². The fourth-order valence-corrected chi connectivity index (χ4v) is 3.35. The number of benzene rings is 1. The largest absolute Gasteiger partial charge is 0.295 e. The highest BCUT2D eigenvalue weighted by Gasteiger charge is 2.38. The first kappa shape index (κ1) is 11.5. The van der Waals surface area contributed by atoms with Gasteiger partial charge in [-0.15, -0.1) is 0 Å². The van der Waals surface area contributed by atoms with Gasteiger partial charge in [0.25, 0.3) is 0 Å². The van der Waals surface area contributed by atoms with Gasteiger partial charge >= 0.3 is 0 Å². The van der Waals surface area contributed by atoms with Crippen LogP contribution in [0.25, 0.3) is 16.5 Å². The molecule has 0 saturated heterocycles. The number of hydrogen-bond acceptors (Lipinski definition) is 3. The number of para-hydroxylation sites is 1. The van der Waals surface area contributed by atoms with Crippen LogP contribution in [0.1, 0.15) is 35.8 Å². The summed E-state index contributed by atoms with van der Waals surface area (Å²) in [7, 11) is 0. The van der Waals surface area contributed by atoms with Gasteiger partial charge in [0.1, 0.15) is 0 Å². The van der Waals surface area contributed by atoms with Crippen LogP contribution in [0.5, 0.6) is 0 Å². The van der Waals surface area contributed by atoms with Gasteiger partial charge in [0.05, 0.1) is 11.2 Å². The lowest BCUT2D eigenvalue weighted by molar-refractivity contribution is -0.115. The lowest BCUT2D eigenvalue weighted by Crippen LogP contribution is -2.18. The zero-order valence-corrected chi connectivity index (χ0v) is 11.1. The number of Topliss-reactive ketones (excluding diaryl/α,β-unsaturated/α-hetero) is 2. The summed E-state index contributed by atoms with van der Waals surface area (Å²) in [5, 5.41) is 0.973. The molecule has 0 amide bonds. The topological polar surface area (TPSA) is 47.0 Å². The molecular weight excluding hydrogens is 250 g/mol. The van der Waals surface area contributed by atoms with Crippen molar-refractivity contribution in [3.05, 3.63) is 47.2 Å². The van der Waals surface area contributed by atoms with Crippen molar-refractivity contribution < 1.29 is 9.59 Å². The second-order valence-electron chi connectivity index (χ2n) is 5.57. The molecule has 1 aromatic heterocycles. The van der Waals surface area contributed by atoms with Gasteiger partial charge in [-0.3, -0.25) is 9.59 Å². The summed E-state index contributed by atoms with van der Waals surface area (Å²) in [6.07, 6.45) is 0.895. The van der Waals surface area contributed by atoms with Gasteiger partial charge in [0.2, 0.25) is 0 Å². The third-order valence-corrected chi connectivity index (χ3v) is 4.37. The maximum atomic E-state index is 12.3. The molecule has 98 valence electrons. The van der Waals surface area contributed by atoms with E-state index in [4.69, 9.17) is 0 Å². The fraction of sp³-hybridized carbons (Fsp3) is 0.235.